The molecule has 0 atom stereocenters. The van der Waals surface area contributed by atoms with Crippen LogP contribution in [0.5, 0.6) is 0 Å². The zero-order chi connectivity index (χ0) is 9.35. The number of halogens is 5. The standard InChI is InChI=1S/C7H3BrCl4/c8-5-3-1-2-4(6(5)9)7(10,11)12/h1-3H. The maximum Gasteiger partial charge on any atom is 0.217 e. The summed E-state index contributed by atoms with van der Waals surface area (Å²) < 4.78 is -0.756. The van der Waals surface area contributed by atoms with Crippen molar-refractivity contribution in [2.75, 3.05) is 0 Å². The van der Waals surface area contributed by atoms with Crippen LogP contribution in [0.4, 0.5) is 0 Å². The quantitative estimate of drug-likeness (QED) is 0.596. The molecule has 5 heteroatoms. The van der Waals surface area contributed by atoms with E-state index >= 15 is 0 Å². The maximum atomic E-state index is 5.88. The van der Waals surface area contributed by atoms with Crippen molar-refractivity contribution in [3.63, 3.8) is 0 Å². The molecule has 0 unspecified atom stereocenters. The molecule has 12 heavy (non-hydrogen) atoms. The summed E-state index contributed by atoms with van der Waals surface area (Å²) in [7, 11) is 0. The van der Waals surface area contributed by atoms with Crippen LogP contribution in [0.2, 0.25) is 5.02 Å². The minimum Gasteiger partial charge on any atom is -0.0826 e. The summed E-state index contributed by atoms with van der Waals surface area (Å²) in [4.78, 5) is 0. The molecule has 0 heterocycles. The van der Waals surface area contributed by atoms with Crippen LogP contribution in [-0.2, 0) is 3.79 Å². The first-order chi connectivity index (χ1) is 5.43. The van der Waals surface area contributed by atoms with Gasteiger partial charge in [0.05, 0.1) is 5.02 Å². The van der Waals surface area contributed by atoms with Crippen LogP contribution in [0.3, 0.4) is 0 Å². The third kappa shape index (κ3) is 2.43. The van der Waals surface area contributed by atoms with Gasteiger partial charge in [-0.05, 0) is 22.0 Å². The minimum absolute atomic E-state index is 0.428. The fourth-order valence-corrected chi connectivity index (χ4v) is 1.97. The molecule has 1 rings (SSSR count). The van der Waals surface area contributed by atoms with Gasteiger partial charge in [-0.1, -0.05) is 58.5 Å². The summed E-state index contributed by atoms with van der Waals surface area (Å²) in [6.45, 7) is 0. The molecule has 0 radical (unpaired) electrons. The molecule has 0 amide bonds. The molecule has 0 spiro atoms. The normalized spacial score (nSPS) is 11.8. The van der Waals surface area contributed by atoms with Gasteiger partial charge in [0.1, 0.15) is 0 Å². The lowest BCUT2D eigenvalue weighted by molar-refractivity contribution is 1.24. The lowest BCUT2D eigenvalue weighted by atomic mass is 10.2. The number of benzene rings is 1. The highest BCUT2D eigenvalue weighted by Gasteiger charge is 2.26. The van der Waals surface area contributed by atoms with Crippen LogP contribution in [0.15, 0.2) is 22.7 Å². The summed E-state index contributed by atoms with van der Waals surface area (Å²) in [5, 5.41) is 0.428. The molecule has 0 N–H and O–H groups in total. The Labute approximate surface area is 98.9 Å². The number of alkyl halides is 3. The van der Waals surface area contributed by atoms with Crippen LogP contribution in [0, 0.1) is 0 Å². The zero-order valence-corrected chi connectivity index (χ0v) is 10.2. The topological polar surface area (TPSA) is 0 Å². The molecular weight excluding hydrogens is 306 g/mol. The van der Waals surface area contributed by atoms with E-state index in [1.165, 1.54) is 0 Å². The van der Waals surface area contributed by atoms with E-state index in [-0.39, 0.29) is 0 Å². The molecule has 1 aromatic carbocycles. The van der Waals surface area contributed by atoms with Gasteiger partial charge in [-0.25, -0.2) is 0 Å². The van der Waals surface area contributed by atoms with Crippen molar-refractivity contribution in [2.45, 2.75) is 3.79 Å². The average Bonchev–Trinajstić information content (AvgIpc) is 1.92. The molecule has 0 saturated heterocycles. The molecule has 0 aromatic heterocycles. The van der Waals surface area contributed by atoms with Crippen molar-refractivity contribution in [3.8, 4) is 0 Å². The molecule has 0 nitrogen and oxygen atoms in total. The van der Waals surface area contributed by atoms with Crippen LogP contribution in [-0.4, -0.2) is 0 Å². The van der Waals surface area contributed by atoms with E-state index in [2.05, 4.69) is 15.9 Å². The van der Waals surface area contributed by atoms with Crippen molar-refractivity contribution >= 4 is 62.3 Å². The minimum atomic E-state index is -1.47. The Hall–Kier alpha value is 0.860. The predicted octanol–water partition coefficient (Wildman–Crippen LogP) is 4.93. The van der Waals surface area contributed by atoms with Gasteiger partial charge in [0, 0.05) is 10.0 Å². The van der Waals surface area contributed by atoms with Crippen LogP contribution in [0.1, 0.15) is 5.56 Å². The van der Waals surface area contributed by atoms with Gasteiger partial charge >= 0.3 is 0 Å². The Morgan fingerprint density at radius 2 is 1.75 bits per heavy atom. The van der Waals surface area contributed by atoms with E-state index in [0.29, 0.717) is 15.1 Å². The summed E-state index contributed by atoms with van der Waals surface area (Å²) in [5.41, 5.74) is 0.476. The molecule has 0 aliphatic carbocycles. The van der Waals surface area contributed by atoms with E-state index in [9.17, 15) is 0 Å². The molecule has 0 bridgehead atoms. The van der Waals surface area contributed by atoms with Gasteiger partial charge in [0.25, 0.3) is 0 Å². The Morgan fingerprint density at radius 3 is 2.17 bits per heavy atom. The molecule has 0 saturated carbocycles. The lowest BCUT2D eigenvalue weighted by Crippen LogP contribution is -2.00. The zero-order valence-electron chi connectivity index (χ0n) is 5.62. The monoisotopic (exact) mass is 306 g/mol. The average molecular weight is 309 g/mol. The third-order valence-electron chi connectivity index (χ3n) is 1.26. The van der Waals surface area contributed by atoms with Gasteiger partial charge in [-0.2, -0.15) is 0 Å². The first-order valence-corrected chi connectivity index (χ1v) is 5.24. The van der Waals surface area contributed by atoms with Gasteiger partial charge in [-0.3, -0.25) is 0 Å². The first-order valence-electron chi connectivity index (χ1n) is 2.94. The number of hydrogen-bond acceptors (Lipinski definition) is 0. The van der Waals surface area contributed by atoms with Crippen LogP contribution >= 0.6 is 62.3 Å². The summed E-state index contributed by atoms with van der Waals surface area (Å²) in [6.07, 6.45) is 0. The second-order valence-corrected chi connectivity index (χ2v) is 5.61. The van der Waals surface area contributed by atoms with Crippen molar-refractivity contribution in [3.05, 3.63) is 33.3 Å². The smallest absolute Gasteiger partial charge is 0.0826 e. The fourth-order valence-electron chi connectivity index (χ4n) is 0.723. The Kier molecular flexibility index (Phi) is 3.58. The lowest BCUT2D eigenvalue weighted by Gasteiger charge is -2.13. The van der Waals surface area contributed by atoms with E-state index in [1.807, 2.05) is 0 Å². The van der Waals surface area contributed by atoms with Gasteiger partial charge < -0.3 is 0 Å². The van der Waals surface area contributed by atoms with Gasteiger partial charge in [0.15, 0.2) is 0 Å². The Balaban J connectivity index is 3.26. The maximum absolute atomic E-state index is 5.88. The van der Waals surface area contributed by atoms with E-state index in [4.69, 9.17) is 46.4 Å². The summed E-state index contributed by atoms with van der Waals surface area (Å²) in [6, 6.07) is 5.20. The van der Waals surface area contributed by atoms with E-state index < -0.39 is 3.79 Å². The largest absolute Gasteiger partial charge is 0.217 e. The molecular formula is C7H3BrCl4. The molecule has 1 aromatic rings. The van der Waals surface area contributed by atoms with Crippen molar-refractivity contribution in [1.82, 2.24) is 0 Å². The highest BCUT2D eigenvalue weighted by molar-refractivity contribution is 9.10. The number of hydrogen-bond donors (Lipinski definition) is 0. The SMILES string of the molecule is Clc1c(Br)cccc1C(Cl)(Cl)Cl. The van der Waals surface area contributed by atoms with Crippen molar-refractivity contribution < 1.29 is 0 Å². The highest BCUT2D eigenvalue weighted by Crippen LogP contribution is 2.43. The van der Waals surface area contributed by atoms with Gasteiger partial charge in [-0.15, -0.1) is 0 Å². The van der Waals surface area contributed by atoms with Crippen LogP contribution in [0.25, 0.3) is 0 Å². The Bertz CT molecular complexity index is 292. The number of rotatable bonds is 0. The summed E-state index contributed by atoms with van der Waals surface area (Å²) >= 11 is 26.1. The molecule has 0 aliphatic rings. The van der Waals surface area contributed by atoms with E-state index in [1.54, 1.807) is 18.2 Å². The second-order valence-electron chi connectivity index (χ2n) is 2.10. The summed E-state index contributed by atoms with van der Waals surface area (Å²) in [5.74, 6) is 0. The van der Waals surface area contributed by atoms with Crippen LogP contribution < -0.4 is 0 Å². The van der Waals surface area contributed by atoms with Crippen molar-refractivity contribution in [2.24, 2.45) is 0 Å². The fraction of sp³-hybridized carbons (Fsp3) is 0.143. The molecule has 66 valence electrons. The highest BCUT2D eigenvalue weighted by atomic mass is 79.9. The Morgan fingerprint density at radius 1 is 1.17 bits per heavy atom. The third-order valence-corrected chi connectivity index (χ3v) is 3.16. The van der Waals surface area contributed by atoms with Gasteiger partial charge in [0.2, 0.25) is 3.79 Å². The van der Waals surface area contributed by atoms with E-state index in [0.717, 1.165) is 0 Å². The molecule has 0 fully saturated rings. The van der Waals surface area contributed by atoms with Crippen molar-refractivity contribution in [1.29, 1.82) is 0 Å². The second kappa shape index (κ2) is 3.93. The predicted molar refractivity (Wildman–Crippen MR) is 58.4 cm³/mol. The molecule has 0 aliphatic heterocycles. The first kappa shape index (κ1) is 10.9.